The molecule has 0 N–H and O–H groups in total. The van der Waals surface area contributed by atoms with E-state index >= 15 is 0 Å². The van der Waals surface area contributed by atoms with E-state index in [0.717, 1.165) is 37.1 Å². The van der Waals surface area contributed by atoms with Crippen molar-refractivity contribution >= 4 is 17.2 Å². The Morgan fingerprint density at radius 1 is 1.29 bits per heavy atom. The third-order valence-electron chi connectivity index (χ3n) is 4.14. The van der Waals surface area contributed by atoms with Crippen LogP contribution >= 0.6 is 11.3 Å². The Kier molecular flexibility index (Phi) is 4.39. The smallest absolute Gasteiger partial charge is 0.254 e. The second kappa shape index (κ2) is 6.44. The van der Waals surface area contributed by atoms with Crippen LogP contribution in [-0.4, -0.2) is 23.9 Å². The van der Waals surface area contributed by atoms with Gasteiger partial charge in [-0.1, -0.05) is 31.2 Å². The van der Waals surface area contributed by atoms with E-state index in [2.05, 4.69) is 30.5 Å². The highest BCUT2D eigenvalue weighted by Gasteiger charge is 2.23. The zero-order chi connectivity index (χ0) is 14.7. The van der Waals surface area contributed by atoms with Crippen molar-refractivity contribution in [2.45, 2.75) is 26.2 Å². The minimum atomic E-state index is 0.203. The van der Waals surface area contributed by atoms with Crippen LogP contribution in [0.1, 0.15) is 40.6 Å². The summed E-state index contributed by atoms with van der Waals surface area (Å²) in [5, 5.41) is 2.09. The molecule has 0 radical (unpaired) electrons. The van der Waals surface area contributed by atoms with Gasteiger partial charge in [-0.3, -0.25) is 4.79 Å². The number of nitrogens with zero attached hydrogens (tertiary/aromatic N) is 1. The lowest BCUT2D eigenvalue weighted by Gasteiger charge is -2.31. The fraction of sp³-hybridized carbons (Fsp3) is 0.389. The Morgan fingerprint density at radius 3 is 2.90 bits per heavy atom. The average Bonchev–Trinajstić information content (AvgIpc) is 3.00. The topological polar surface area (TPSA) is 20.3 Å². The van der Waals surface area contributed by atoms with Crippen LogP contribution in [0.2, 0.25) is 0 Å². The SMILES string of the molecule is CC1CCCN(C(=O)c2ccccc2Cc2cccs2)C1. The van der Waals surface area contributed by atoms with Gasteiger partial charge < -0.3 is 4.90 Å². The zero-order valence-corrected chi connectivity index (χ0v) is 13.2. The zero-order valence-electron chi connectivity index (χ0n) is 12.4. The van der Waals surface area contributed by atoms with Crippen molar-refractivity contribution in [3.8, 4) is 0 Å². The maximum atomic E-state index is 12.8. The lowest BCUT2D eigenvalue weighted by molar-refractivity contribution is 0.0682. The van der Waals surface area contributed by atoms with Crippen molar-refractivity contribution in [2.75, 3.05) is 13.1 Å². The van der Waals surface area contributed by atoms with Crippen molar-refractivity contribution < 1.29 is 4.79 Å². The van der Waals surface area contributed by atoms with Gasteiger partial charge in [0.15, 0.2) is 0 Å². The summed E-state index contributed by atoms with van der Waals surface area (Å²) in [5.74, 6) is 0.820. The molecule has 0 spiro atoms. The molecule has 2 heterocycles. The van der Waals surface area contributed by atoms with Gasteiger partial charge in [0.05, 0.1) is 0 Å². The quantitative estimate of drug-likeness (QED) is 0.831. The van der Waals surface area contributed by atoms with Crippen LogP contribution in [0.5, 0.6) is 0 Å². The number of hydrogen-bond acceptors (Lipinski definition) is 2. The molecule has 1 aromatic carbocycles. The first-order valence-corrected chi connectivity index (χ1v) is 8.51. The van der Waals surface area contributed by atoms with E-state index in [1.165, 1.54) is 11.3 Å². The summed E-state index contributed by atoms with van der Waals surface area (Å²) in [6, 6.07) is 12.3. The van der Waals surface area contributed by atoms with Gasteiger partial charge in [-0.15, -0.1) is 11.3 Å². The molecule has 21 heavy (non-hydrogen) atoms. The maximum absolute atomic E-state index is 12.8. The molecule has 1 amide bonds. The second-order valence-corrected chi connectivity index (χ2v) is 6.94. The third kappa shape index (κ3) is 3.35. The number of likely N-dealkylation sites (tertiary alicyclic amines) is 1. The third-order valence-corrected chi connectivity index (χ3v) is 5.01. The minimum Gasteiger partial charge on any atom is -0.338 e. The van der Waals surface area contributed by atoms with Gasteiger partial charge in [-0.2, -0.15) is 0 Å². The summed E-state index contributed by atoms with van der Waals surface area (Å²) in [5.41, 5.74) is 2.02. The fourth-order valence-electron chi connectivity index (χ4n) is 3.03. The number of piperidine rings is 1. The van der Waals surface area contributed by atoms with E-state index < -0.39 is 0 Å². The monoisotopic (exact) mass is 299 g/mol. The van der Waals surface area contributed by atoms with Crippen LogP contribution in [-0.2, 0) is 6.42 Å². The van der Waals surface area contributed by atoms with Crippen molar-refractivity contribution in [1.82, 2.24) is 4.90 Å². The molecule has 1 unspecified atom stereocenters. The summed E-state index contributed by atoms with van der Waals surface area (Å²) < 4.78 is 0. The highest BCUT2D eigenvalue weighted by molar-refractivity contribution is 7.09. The molecule has 1 aliphatic rings. The fourth-order valence-corrected chi connectivity index (χ4v) is 3.76. The Labute approximate surface area is 130 Å². The lowest BCUT2D eigenvalue weighted by atomic mass is 9.97. The summed E-state index contributed by atoms with van der Waals surface area (Å²) in [4.78, 5) is 16.2. The Balaban J connectivity index is 1.82. The molecular weight excluding hydrogens is 278 g/mol. The number of rotatable bonds is 3. The van der Waals surface area contributed by atoms with Crippen molar-refractivity contribution in [1.29, 1.82) is 0 Å². The molecule has 1 atom stereocenters. The summed E-state index contributed by atoms with van der Waals surface area (Å²) in [7, 11) is 0. The van der Waals surface area contributed by atoms with E-state index in [-0.39, 0.29) is 5.91 Å². The molecular formula is C18H21NOS. The van der Waals surface area contributed by atoms with E-state index in [0.29, 0.717) is 5.92 Å². The van der Waals surface area contributed by atoms with Gasteiger partial charge in [0.2, 0.25) is 0 Å². The highest BCUT2D eigenvalue weighted by atomic mass is 32.1. The first-order valence-electron chi connectivity index (χ1n) is 7.63. The van der Waals surface area contributed by atoms with Crippen LogP contribution in [0.3, 0.4) is 0 Å². The first kappa shape index (κ1) is 14.3. The Bertz CT molecular complexity index is 605. The molecule has 110 valence electrons. The lowest BCUT2D eigenvalue weighted by Crippen LogP contribution is -2.39. The van der Waals surface area contributed by atoms with E-state index in [4.69, 9.17) is 0 Å². The van der Waals surface area contributed by atoms with Crippen LogP contribution < -0.4 is 0 Å². The minimum absolute atomic E-state index is 0.203. The van der Waals surface area contributed by atoms with Gasteiger partial charge >= 0.3 is 0 Å². The molecule has 1 aliphatic heterocycles. The normalized spacial score (nSPS) is 18.7. The average molecular weight is 299 g/mol. The molecule has 1 aromatic heterocycles. The molecule has 0 aliphatic carbocycles. The Hall–Kier alpha value is -1.61. The number of carbonyl (C=O) groups excluding carboxylic acids is 1. The maximum Gasteiger partial charge on any atom is 0.254 e. The number of benzene rings is 1. The van der Waals surface area contributed by atoms with Gasteiger partial charge in [0.25, 0.3) is 5.91 Å². The second-order valence-electron chi connectivity index (χ2n) is 5.91. The largest absolute Gasteiger partial charge is 0.338 e. The molecule has 2 nitrogen and oxygen atoms in total. The number of amides is 1. The molecule has 0 saturated carbocycles. The molecule has 0 bridgehead atoms. The Morgan fingerprint density at radius 2 is 2.14 bits per heavy atom. The van der Waals surface area contributed by atoms with E-state index in [9.17, 15) is 4.79 Å². The number of carbonyl (C=O) groups is 1. The van der Waals surface area contributed by atoms with E-state index in [1.54, 1.807) is 11.3 Å². The van der Waals surface area contributed by atoms with Crippen LogP contribution in [0, 0.1) is 5.92 Å². The molecule has 1 fully saturated rings. The van der Waals surface area contributed by atoms with Crippen molar-refractivity contribution in [3.05, 3.63) is 57.8 Å². The number of thiophene rings is 1. The van der Waals surface area contributed by atoms with E-state index in [1.807, 2.05) is 23.1 Å². The van der Waals surface area contributed by atoms with Crippen LogP contribution in [0.15, 0.2) is 41.8 Å². The molecule has 3 rings (SSSR count). The molecule has 2 aromatic rings. The summed E-state index contributed by atoms with van der Waals surface area (Å²) in [6.45, 7) is 4.03. The van der Waals surface area contributed by atoms with Gasteiger partial charge in [-0.05, 0) is 41.8 Å². The van der Waals surface area contributed by atoms with Gasteiger partial charge in [0.1, 0.15) is 0 Å². The van der Waals surface area contributed by atoms with Crippen LogP contribution in [0.25, 0.3) is 0 Å². The van der Waals surface area contributed by atoms with Crippen molar-refractivity contribution in [3.63, 3.8) is 0 Å². The van der Waals surface area contributed by atoms with Crippen molar-refractivity contribution in [2.24, 2.45) is 5.92 Å². The highest BCUT2D eigenvalue weighted by Crippen LogP contribution is 2.22. The standard InChI is InChI=1S/C18H21NOS/c1-14-6-4-10-19(13-14)18(20)17-9-3-2-7-15(17)12-16-8-5-11-21-16/h2-3,5,7-9,11,14H,4,6,10,12-13H2,1H3. The van der Waals surface area contributed by atoms with Crippen LogP contribution in [0.4, 0.5) is 0 Å². The summed E-state index contributed by atoms with van der Waals surface area (Å²) >= 11 is 1.75. The molecule has 3 heteroatoms. The van der Waals surface area contributed by atoms with Gasteiger partial charge in [0, 0.05) is 30.0 Å². The summed E-state index contributed by atoms with van der Waals surface area (Å²) in [6.07, 6.45) is 3.21. The first-order chi connectivity index (χ1) is 10.2. The van der Waals surface area contributed by atoms with Gasteiger partial charge in [-0.25, -0.2) is 0 Å². The number of hydrogen-bond donors (Lipinski definition) is 0. The predicted molar refractivity (Wildman–Crippen MR) is 87.9 cm³/mol. The molecule has 1 saturated heterocycles. The predicted octanol–water partition coefficient (Wildman–Crippen LogP) is 4.21.